The van der Waals surface area contributed by atoms with Gasteiger partial charge in [-0.25, -0.2) is 0 Å². The van der Waals surface area contributed by atoms with Crippen molar-refractivity contribution in [1.29, 1.82) is 0 Å². The fourth-order valence-electron chi connectivity index (χ4n) is 2.27. The van der Waals surface area contributed by atoms with Gasteiger partial charge in [-0.05, 0) is 32.0 Å². The molecule has 0 saturated carbocycles. The maximum absolute atomic E-state index is 11.7. The van der Waals surface area contributed by atoms with E-state index in [-0.39, 0.29) is 18.1 Å². The van der Waals surface area contributed by atoms with Gasteiger partial charge < -0.3 is 20.5 Å². The smallest absolute Gasteiger partial charge is 0.224 e. The average Bonchev–Trinajstić information content (AvgIpc) is 2.47. The third kappa shape index (κ3) is 4.83. The normalized spacial score (nSPS) is 16.0. The Morgan fingerprint density at radius 2 is 2.10 bits per heavy atom. The summed E-state index contributed by atoms with van der Waals surface area (Å²) in [5, 5.41) is 15.7. The van der Waals surface area contributed by atoms with Crippen molar-refractivity contribution in [3.05, 3.63) is 29.8 Å². The molecule has 1 aromatic rings. The number of para-hydroxylation sites is 1. The van der Waals surface area contributed by atoms with Crippen molar-refractivity contribution in [3.8, 4) is 5.75 Å². The number of amides is 1. The van der Waals surface area contributed by atoms with Crippen LogP contribution in [0, 0.1) is 0 Å². The van der Waals surface area contributed by atoms with Crippen LogP contribution in [-0.2, 0) is 16.0 Å². The van der Waals surface area contributed by atoms with Crippen LogP contribution in [0.4, 0.5) is 0 Å². The maximum Gasteiger partial charge on any atom is 0.224 e. The minimum atomic E-state index is -0.0968. The molecule has 1 aromatic carbocycles. The Morgan fingerprint density at radius 1 is 1.35 bits per heavy atom. The van der Waals surface area contributed by atoms with Crippen LogP contribution in [-0.4, -0.2) is 43.4 Å². The minimum absolute atomic E-state index is 0.0968. The first-order chi connectivity index (χ1) is 9.75. The second-order valence-electron chi connectivity index (χ2n) is 4.98. The third-order valence-corrected chi connectivity index (χ3v) is 3.41. The van der Waals surface area contributed by atoms with Crippen LogP contribution in [0.15, 0.2) is 24.3 Å². The van der Waals surface area contributed by atoms with Crippen LogP contribution in [0.25, 0.3) is 0 Å². The molecule has 1 aliphatic heterocycles. The number of ether oxygens (including phenoxy) is 1. The van der Waals surface area contributed by atoms with E-state index < -0.39 is 0 Å². The van der Waals surface area contributed by atoms with E-state index in [9.17, 15) is 9.90 Å². The van der Waals surface area contributed by atoms with Crippen molar-refractivity contribution in [3.63, 3.8) is 0 Å². The Kier molecular flexibility index (Phi) is 5.83. The Balaban J connectivity index is 1.61. The van der Waals surface area contributed by atoms with Crippen LogP contribution in [0.3, 0.4) is 0 Å². The number of carbonyl (C=O) groups is 1. The molecule has 0 aliphatic carbocycles. The standard InChI is InChI=1S/C15H22N2O3/c18-14-4-2-1-3-12(14)11-15(19)17-9-10-20-13-5-7-16-8-6-13/h1-4,13,16,18H,5-11H2,(H,17,19). The molecule has 1 heterocycles. The second kappa shape index (κ2) is 7.87. The molecular formula is C15H22N2O3. The lowest BCUT2D eigenvalue weighted by Gasteiger charge is -2.22. The number of piperidine rings is 1. The number of phenols is 1. The molecule has 110 valence electrons. The first-order valence-electron chi connectivity index (χ1n) is 7.11. The molecule has 0 aromatic heterocycles. The van der Waals surface area contributed by atoms with Gasteiger partial charge in [0.2, 0.25) is 5.91 Å². The monoisotopic (exact) mass is 278 g/mol. The summed E-state index contributed by atoms with van der Waals surface area (Å²) in [6, 6.07) is 6.88. The van der Waals surface area contributed by atoms with Crippen LogP contribution >= 0.6 is 0 Å². The highest BCUT2D eigenvalue weighted by atomic mass is 16.5. The molecule has 0 bridgehead atoms. The van der Waals surface area contributed by atoms with Crippen molar-refractivity contribution >= 4 is 5.91 Å². The zero-order chi connectivity index (χ0) is 14.2. The molecule has 2 rings (SSSR count). The zero-order valence-electron chi connectivity index (χ0n) is 11.6. The predicted molar refractivity (Wildman–Crippen MR) is 76.7 cm³/mol. The van der Waals surface area contributed by atoms with Gasteiger partial charge in [-0.2, -0.15) is 0 Å². The van der Waals surface area contributed by atoms with E-state index in [1.54, 1.807) is 18.2 Å². The molecule has 1 amide bonds. The van der Waals surface area contributed by atoms with Crippen molar-refractivity contribution in [2.45, 2.75) is 25.4 Å². The SMILES string of the molecule is O=C(Cc1ccccc1O)NCCOC1CCNCC1. The Bertz CT molecular complexity index is 431. The topological polar surface area (TPSA) is 70.6 Å². The molecule has 0 atom stereocenters. The van der Waals surface area contributed by atoms with Crippen LogP contribution < -0.4 is 10.6 Å². The average molecular weight is 278 g/mol. The minimum Gasteiger partial charge on any atom is -0.508 e. The van der Waals surface area contributed by atoms with Gasteiger partial charge in [0.1, 0.15) is 5.75 Å². The molecule has 0 unspecified atom stereocenters. The number of benzene rings is 1. The molecule has 20 heavy (non-hydrogen) atoms. The van der Waals surface area contributed by atoms with E-state index in [1.165, 1.54) is 0 Å². The van der Waals surface area contributed by atoms with Crippen LogP contribution in [0.1, 0.15) is 18.4 Å². The predicted octanol–water partition coefficient (Wildman–Crippen LogP) is 0.819. The van der Waals surface area contributed by atoms with Crippen LogP contribution in [0.2, 0.25) is 0 Å². The third-order valence-electron chi connectivity index (χ3n) is 3.41. The summed E-state index contributed by atoms with van der Waals surface area (Å²) in [7, 11) is 0. The van der Waals surface area contributed by atoms with E-state index in [0.29, 0.717) is 24.8 Å². The van der Waals surface area contributed by atoms with Gasteiger partial charge in [0, 0.05) is 12.1 Å². The Labute approximate surface area is 119 Å². The highest BCUT2D eigenvalue weighted by molar-refractivity contribution is 5.79. The summed E-state index contributed by atoms with van der Waals surface area (Å²) in [5.41, 5.74) is 0.643. The molecule has 0 spiro atoms. The number of aromatic hydroxyl groups is 1. The molecule has 1 aliphatic rings. The second-order valence-corrected chi connectivity index (χ2v) is 4.98. The van der Waals surface area contributed by atoms with E-state index in [1.807, 2.05) is 6.07 Å². The number of carbonyl (C=O) groups excluding carboxylic acids is 1. The maximum atomic E-state index is 11.7. The van der Waals surface area contributed by atoms with Gasteiger partial charge in [-0.1, -0.05) is 18.2 Å². The highest BCUT2D eigenvalue weighted by Crippen LogP contribution is 2.15. The van der Waals surface area contributed by atoms with Crippen molar-refractivity contribution in [2.75, 3.05) is 26.2 Å². The first kappa shape index (κ1) is 14.8. The fraction of sp³-hybridized carbons (Fsp3) is 0.533. The first-order valence-corrected chi connectivity index (χ1v) is 7.11. The van der Waals surface area contributed by atoms with Gasteiger partial charge in [-0.15, -0.1) is 0 Å². The van der Waals surface area contributed by atoms with Gasteiger partial charge in [0.25, 0.3) is 0 Å². The lowest BCUT2D eigenvalue weighted by Crippen LogP contribution is -2.35. The van der Waals surface area contributed by atoms with E-state index in [0.717, 1.165) is 25.9 Å². The Morgan fingerprint density at radius 3 is 2.85 bits per heavy atom. The van der Waals surface area contributed by atoms with Gasteiger partial charge >= 0.3 is 0 Å². The number of hydrogen-bond acceptors (Lipinski definition) is 4. The fourth-order valence-corrected chi connectivity index (χ4v) is 2.27. The molecule has 3 N–H and O–H groups in total. The summed E-state index contributed by atoms with van der Waals surface area (Å²) < 4.78 is 5.70. The van der Waals surface area contributed by atoms with Gasteiger partial charge in [0.05, 0.1) is 19.1 Å². The number of phenolic OH excluding ortho intramolecular Hbond substituents is 1. The largest absolute Gasteiger partial charge is 0.508 e. The summed E-state index contributed by atoms with van der Waals surface area (Å²) in [6.45, 7) is 3.06. The zero-order valence-corrected chi connectivity index (χ0v) is 11.6. The van der Waals surface area contributed by atoms with E-state index >= 15 is 0 Å². The summed E-state index contributed by atoms with van der Waals surface area (Å²) in [5.74, 6) is 0.0639. The summed E-state index contributed by atoms with van der Waals surface area (Å²) >= 11 is 0. The van der Waals surface area contributed by atoms with Crippen LogP contribution in [0.5, 0.6) is 5.75 Å². The Hall–Kier alpha value is -1.59. The highest BCUT2D eigenvalue weighted by Gasteiger charge is 2.13. The van der Waals surface area contributed by atoms with Gasteiger partial charge in [-0.3, -0.25) is 4.79 Å². The molecule has 1 fully saturated rings. The lowest BCUT2D eigenvalue weighted by molar-refractivity contribution is -0.120. The quantitative estimate of drug-likeness (QED) is 0.674. The molecule has 0 radical (unpaired) electrons. The van der Waals surface area contributed by atoms with Crippen molar-refractivity contribution in [2.24, 2.45) is 0 Å². The summed E-state index contributed by atoms with van der Waals surface area (Å²) in [4.78, 5) is 11.7. The number of hydrogen-bond donors (Lipinski definition) is 3. The molecule has 5 heteroatoms. The van der Waals surface area contributed by atoms with Crippen molar-refractivity contribution in [1.82, 2.24) is 10.6 Å². The van der Waals surface area contributed by atoms with Gasteiger partial charge in [0.15, 0.2) is 0 Å². The summed E-state index contributed by atoms with van der Waals surface area (Å²) in [6.07, 6.45) is 2.57. The lowest BCUT2D eigenvalue weighted by atomic mass is 10.1. The molecule has 1 saturated heterocycles. The van der Waals surface area contributed by atoms with Crippen molar-refractivity contribution < 1.29 is 14.6 Å². The number of nitrogens with one attached hydrogen (secondary N) is 2. The van der Waals surface area contributed by atoms with E-state index in [2.05, 4.69) is 10.6 Å². The molecule has 5 nitrogen and oxygen atoms in total. The van der Waals surface area contributed by atoms with E-state index in [4.69, 9.17) is 4.74 Å². The molecular weight excluding hydrogens is 256 g/mol. The number of rotatable bonds is 6.